The third kappa shape index (κ3) is 3.46. The summed E-state index contributed by atoms with van der Waals surface area (Å²) in [5.41, 5.74) is 1.78. The minimum absolute atomic E-state index is 0.0299. The number of fused-ring (bicyclic) bond motifs is 1. The number of pyridine rings is 1. The Hall–Kier alpha value is -3.10. The van der Waals surface area contributed by atoms with Gasteiger partial charge in [0.2, 0.25) is 11.9 Å². The van der Waals surface area contributed by atoms with E-state index in [1.165, 1.54) is 28.8 Å². The molecule has 134 valence electrons. The molecule has 2 aromatic heterocycles. The quantitative estimate of drug-likeness (QED) is 0.769. The zero-order valence-electron chi connectivity index (χ0n) is 13.3. The number of carbonyl (C=O) groups is 1. The molecule has 3 aromatic rings. The molecule has 1 amide bonds. The van der Waals surface area contributed by atoms with E-state index in [4.69, 9.17) is 0 Å². The molecule has 1 saturated carbocycles. The number of nitrogens with zero attached hydrogens (tertiary/aromatic N) is 3. The zero-order chi connectivity index (χ0) is 18.3. The first-order valence-electron chi connectivity index (χ1n) is 7.92. The fourth-order valence-electron chi connectivity index (χ4n) is 2.56. The fraction of sp³-hybridized carbons (Fsp3) is 0.235. The van der Waals surface area contributed by atoms with Gasteiger partial charge >= 0.3 is 6.36 Å². The molecule has 0 spiro atoms. The Morgan fingerprint density at radius 2 is 1.88 bits per heavy atom. The van der Waals surface area contributed by atoms with E-state index in [9.17, 15) is 18.0 Å². The summed E-state index contributed by atoms with van der Waals surface area (Å²) in [4.78, 5) is 16.1. The normalized spacial score (nSPS) is 14.4. The largest absolute Gasteiger partial charge is 0.573 e. The number of hydrogen-bond donors (Lipinski definition) is 1. The third-order valence-corrected chi connectivity index (χ3v) is 3.93. The van der Waals surface area contributed by atoms with E-state index >= 15 is 0 Å². The second-order valence-electron chi connectivity index (χ2n) is 5.95. The first-order valence-corrected chi connectivity index (χ1v) is 7.92. The summed E-state index contributed by atoms with van der Waals surface area (Å²) in [7, 11) is 0. The number of amides is 1. The molecule has 2 heterocycles. The molecule has 0 radical (unpaired) electrons. The smallest absolute Gasteiger partial charge is 0.406 e. The van der Waals surface area contributed by atoms with Crippen molar-refractivity contribution in [2.75, 3.05) is 5.32 Å². The Balaban J connectivity index is 1.63. The van der Waals surface area contributed by atoms with Gasteiger partial charge in [-0.25, -0.2) is 4.52 Å². The molecule has 0 atom stereocenters. The highest BCUT2D eigenvalue weighted by atomic mass is 19.4. The van der Waals surface area contributed by atoms with Crippen LogP contribution in [0.4, 0.5) is 19.1 Å². The van der Waals surface area contributed by atoms with Crippen LogP contribution in [-0.4, -0.2) is 26.9 Å². The molecule has 1 aliphatic carbocycles. The molecule has 6 nitrogen and oxygen atoms in total. The lowest BCUT2D eigenvalue weighted by molar-refractivity contribution is -0.274. The predicted molar refractivity (Wildman–Crippen MR) is 86.5 cm³/mol. The Labute approximate surface area is 145 Å². The minimum atomic E-state index is -4.73. The number of alkyl halides is 3. The van der Waals surface area contributed by atoms with Crippen LogP contribution < -0.4 is 10.1 Å². The van der Waals surface area contributed by atoms with Crippen LogP contribution >= 0.6 is 0 Å². The topological polar surface area (TPSA) is 68.5 Å². The van der Waals surface area contributed by atoms with Crippen molar-refractivity contribution in [3.05, 3.63) is 42.5 Å². The number of benzene rings is 1. The Bertz CT molecular complexity index is 962. The number of aromatic nitrogens is 3. The Kier molecular flexibility index (Phi) is 3.78. The van der Waals surface area contributed by atoms with Crippen molar-refractivity contribution < 1.29 is 22.7 Å². The maximum Gasteiger partial charge on any atom is 0.573 e. The molecular weight excluding hydrogens is 349 g/mol. The first-order chi connectivity index (χ1) is 12.4. The summed E-state index contributed by atoms with van der Waals surface area (Å²) in [6.07, 6.45) is -2.99. The van der Waals surface area contributed by atoms with Crippen LogP contribution in [0.1, 0.15) is 12.8 Å². The number of halogens is 3. The molecule has 0 bridgehead atoms. The molecule has 1 N–H and O–H groups in total. The average molecular weight is 362 g/mol. The van der Waals surface area contributed by atoms with Crippen LogP contribution in [-0.2, 0) is 4.79 Å². The molecule has 9 heteroatoms. The number of nitrogens with one attached hydrogen (secondary N) is 1. The van der Waals surface area contributed by atoms with Gasteiger partial charge in [-0.05, 0) is 49.2 Å². The summed E-state index contributed by atoms with van der Waals surface area (Å²) < 4.78 is 42.2. The van der Waals surface area contributed by atoms with Gasteiger partial charge in [0, 0.05) is 11.5 Å². The van der Waals surface area contributed by atoms with E-state index in [1.54, 1.807) is 18.2 Å². The van der Waals surface area contributed by atoms with Crippen LogP contribution in [0.5, 0.6) is 5.75 Å². The van der Waals surface area contributed by atoms with Crippen molar-refractivity contribution in [1.29, 1.82) is 0 Å². The SMILES string of the molecule is O=C(Nc1nc2cccc(-c3ccc(OC(F)(F)F)cc3)n2n1)C1CC1. The molecule has 26 heavy (non-hydrogen) atoms. The van der Waals surface area contributed by atoms with Crippen molar-refractivity contribution in [1.82, 2.24) is 14.6 Å². The van der Waals surface area contributed by atoms with E-state index < -0.39 is 6.36 Å². The average Bonchev–Trinajstić information content (AvgIpc) is 3.34. The molecule has 1 aliphatic rings. The summed E-state index contributed by atoms with van der Waals surface area (Å²) in [6.45, 7) is 0. The van der Waals surface area contributed by atoms with Crippen molar-refractivity contribution in [2.24, 2.45) is 5.92 Å². The van der Waals surface area contributed by atoms with Gasteiger partial charge in [0.25, 0.3) is 0 Å². The monoisotopic (exact) mass is 362 g/mol. The van der Waals surface area contributed by atoms with Crippen molar-refractivity contribution in [2.45, 2.75) is 19.2 Å². The van der Waals surface area contributed by atoms with Gasteiger partial charge in [-0.2, -0.15) is 4.98 Å². The van der Waals surface area contributed by atoms with Gasteiger partial charge in [-0.1, -0.05) is 6.07 Å². The molecule has 0 aliphatic heterocycles. The Morgan fingerprint density at radius 1 is 1.15 bits per heavy atom. The van der Waals surface area contributed by atoms with Gasteiger partial charge in [0.15, 0.2) is 5.65 Å². The standard InChI is InChI=1S/C17H13F3N4O2/c18-17(19,20)26-12-8-6-10(7-9-12)13-2-1-3-14-21-16(23-24(13)14)22-15(25)11-4-5-11/h1-3,6-9,11H,4-5H2,(H,22,23,25). The number of ether oxygens (including phenoxy) is 1. The van der Waals surface area contributed by atoms with Crippen LogP contribution in [0.3, 0.4) is 0 Å². The highest BCUT2D eigenvalue weighted by Gasteiger charge is 2.31. The third-order valence-electron chi connectivity index (χ3n) is 3.93. The maximum absolute atomic E-state index is 12.3. The van der Waals surface area contributed by atoms with Crippen molar-refractivity contribution >= 4 is 17.5 Å². The Morgan fingerprint density at radius 3 is 2.54 bits per heavy atom. The second-order valence-corrected chi connectivity index (χ2v) is 5.95. The second kappa shape index (κ2) is 6.01. The fourth-order valence-corrected chi connectivity index (χ4v) is 2.56. The molecule has 1 fully saturated rings. The number of hydrogen-bond acceptors (Lipinski definition) is 4. The van der Waals surface area contributed by atoms with E-state index in [2.05, 4.69) is 20.1 Å². The molecule has 4 rings (SSSR count). The van der Waals surface area contributed by atoms with Gasteiger partial charge in [0.1, 0.15) is 5.75 Å². The first kappa shape index (κ1) is 16.4. The van der Waals surface area contributed by atoms with Gasteiger partial charge < -0.3 is 4.74 Å². The van der Waals surface area contributed by atoms with E-state index in [1.807, 2.05) is 0 Å². The summed E-state index contributed by atoms with van der Waals surface area (Å²) >= 11 is 0. The summed E-state index contributed by atoms with van der Waals surface area (Å²) in [5.74, 6) is -0.172. The molecular formula is C17H13F3N4O2. The number of anilines is 1. The van der Waals surface area contributed by atoms with Gasteiger partial charge in [0.05, 0.1) is 5.69 Å². The zero-order valence-corrected chi connectivity index (χ0v) is 13.3. The number of rotatable bonds is 4. The van der Waals surface area contributed by atoms with Crippen molar-refractivity contribution in [3.63, 3.8) is 0 Å². The molecule has 1 aromatic carbocycles. The minimum Gasteiger partial charge on any atom is -0.406 e. The van der Waals surface area contributed by atoms with Gasteiger partial charge in [-0.15, -0.1) is 18.3 Å². The predicted octanol–water partition coefficient (Wildman–Crippen LogP) is 3.64. The summed E-state index contributed by atoms with van der Waals surface area (Å²) in [6, 6.07) is 10.7. The van der Waals surface area contributed by atoms with E-state index in [0.717, 1.165) is 12.8 Å². The summed E-state index contributed by atoms with van der Waals surface area (Å²) in [5, 5.41) is 6.96. The van der Waals surface area contributed by atoms with Crippen LogP contribution in [0.15, 0.2) is 42.5 Å². The molecule has 0 unspecified atom stereocenters. The lowest BCUT2D eigenvalue weighted by atomic mass is 10.1. The van der Waals surface area contributed by atoms with Gasteiger partial charge in [-0.3, -0.25) is 10.1 Å². The maximum atomic E-state index is 12.3. The van der Waals surface area contributed by atoms with E-state index in [0.29, 0.717) is 16.9 Å². The highest BCUT2D eigenvalue weighted by molar-refractivity contribution is 5.92. The number of carbonyl (C=O) groups excluding carboxylic acids is 1. The van der Waals surface area contributed by atoms with Crippen LogP contribution in [0.25, 0.3) is 16.9 Å². The lowest BCUT2D eigenvalue weighted by Gasteiger charge is -2.09. The van der Waals surface area contributed by atoms with Crippen LogP contribution in [0.2, 0.25) is 0 Å². The van der Waals surface area contributed by atoms with Crippen molar-refractivity contribution in [3.8, 4) is 17.0 Å². The highest BCUT2D eigenvalue weighted by Crippen LogP contribution is 2.30. The lowest BCUT2D eigenvalue weighted by Crippen LogP contribution is -2.16. The van der Waals surface area contributed by atoms with Crippen LogP contribution in [0, 0.1) is 5.92 Å². The molecule has 0 saturated heterocycles. The van der Waals surface area contributed by atoms with E-state index in [-0.39, 0.29) is 23.5 Å².